The predicted molar refractivity (Wildman–Crippen MR) is 79.6 cm³/mol. The van der Waals surface area contributed by atoms with Gasteiger partial charge in [0.2, 0.25) is 0 Å². The quantitative estimate of drug-likeness (QED) is 0.790. The van der Waals surface area contributed by atoms with Crippen LogP contribution in [0, 0.1) is 6.92 Å². The number of hydrogen-bond acceptors (Lipinski definition) is 3. The Kier molecular flexibility index (Phi) is 5.17. The molecule has 0 spiro atoms. The number of rotatable bonds is 8. The standard InChI is InChI=1S/C15H26N4O/c1-3-4-9-18(13-6-7-13)15(20)14-11-17-19(12(14)2)10-5-8-16/h11,13H,3-10,16H2,1-2H3. The minimum atomic E-state index is 0.150. The maximum Gasteiger partial charge on any atom is 0.257 e. The van der Waals surface area contributed by atoms with Crippen LogP contribution in [-0.2, 0) is 6.54 Å². The average Bonchev–Trinajstić information content (AvgIpc) is 3.21. The smallest absolute Gasteiger partial charge is 0.257 e. The molecule has 1 heterocycles. The fraction of sp³-hybridized carbons (Fsp3) is 0.733. The first-order chi connectivity index (χ1) is 9.69. The van der Waals surface area contributed by atoms with Gasteiger partial charge in [0, 0.05) is 24.8 Å². The summed E-state index contributed by atoms with van der Waals surface area (Å²) in [4.78, 5) is 14.7. The van der Waals surface area contributed by atoms with Crippen molar-refractivity contribution in [2.24, 2.45) is 5.73 Å². The number of carbonyl (C=O) groups excluding carboxylic acids is 1. The molecule has 1 aromatic rings. The van der Waals surface area contributed by atoms with Gasteiger partial charge in [0.25, 0.3) is 5.91 Å². The molecule has 0 atom stereocenters. The highest BCUT2D eigenvalue weighted by Gasteiger charge is 2.33. The molecular weight excluding hydrogens is 252 g/mol. The van der Waals surface area contributed by atoms with Gasteiger partial charge in [-0.1, -0.05) is 13.3 Å². The Bertz CT molecular complexity index is 451. The van der Waals surface area contributed by atoms with Gasteiger partial charge in [-0.15, -0.1) is 0 Å². The van der Waals surface area contributed by atoms with E-state index < -0.39 is 0 Å². The van der Waals surface area contributed by atoms with E-state index in [1.807, 2.05) is 16.5 Å². The van der Waals surface area contributed by atoms with Gasteiger partial charge in [0.05, 0.1) is 11.8 Å². The summed E-state index contributed by atoms with van der Waals surface area (Å²) < 4.78 is 1.89. The second kappa shape index (κ2) is 6.88. The van der Waals surface area contributed by atoms with E-state index in [1.165, 1.54) is 0 Å². The van der Waals surface area contributed by atoms with E-state index in [9.17, 15) is 4.79 Å². The van der Waals surface area contributed by atoms with Crippen LogP contribution in [0.3, 0.4) is 0 Å². The van der Waals surface area contributed by atoms with E-state index in [4.69, 9.17) is 5.73 Å². The zero-order chi connectivity index (χ0) is 14.5. The lowest BCUT2D eigenvalue weighted by Crippen LogP contribution is -2.34. The lowest BCUT2D eigenvalue weighted by Gasteiger charge is -2.22. The van der Waals surface area contributed by atoms with Crippen molar-refractivity contribution in [3.8, 4) is 0 Å². The van der Waals surface area contributed by atoms with Crippen molar-refractivity contribution in [1.29, 1.82) is 0 Å². The molecule has 1 fully saturated rings. The molecule has 0 saturated heterocycles. The Morgan fingerprint density at radius 2 is 2.25 bits per heavy atom. The second-order valence-corrected chi connectivity index (χ2v) is 5.59. The molecule has 0 aliphatic heterocycles. The first-order valence-electron chi connectivity index (χ1n) is 7.72. The van der Waals surface area contributed by atoms with Crippen molar-refractivity contribution in [3.63, 3.8) is 0 Å². The Hall–Kier alpha value is -1.36. The summed E-state index contributed by atoms with van der Waals surface area (Å²) >= 11 is 0. The van der Waals surface area contributed by atoms with Crippen LogP contribution in [0.2, 0.25) is 0 Å². The van der Waals surface area contributed by atoms with Crippen molar-refractivity contribution in [3.05, 3.63) is 17.5 Å². The van der Waals surface area contributed by atoms with Gasteiger partial charge in [-0.3, -0.25) is 9.48 Å². The molecule has 1 amide bonds. The fourth-order valence-electron chi connectivity index (χ4n) is 2.44. The largest absolute Gasteiger partial charge is 0.336 e. The van der Waals surface area contributed by atoms with Crippen molar-refractivity contribution in [2.75, 3.05) is 13.1 Å². The van der Waals surface area contributed by atoms with E-state index in [1.54, 1.807) is 6.20 Å². The summed E-state index contributed by atoms with van der Waals surface area (Å²) in [6, 6.07) is 0.459. The zero-order valence-corrected chi connectivity index (χ0v) is 12.6. The molecule has 0 unspecified atom stereocenters. The number of unbranched alkanes of at least 4 members (excludes halogenated alkanes) is 1. The summed E-state index contributed by atoms with van der Waals surface area (Å²) in [5, 5.41) is 4.33. The van der Waals surface area contributed by atoms with Crippen LogP contribution in [0.15, 0.2) is 6.20 Å². The van der Waals surface area contributed by atoms with Crippen LogP contribution in [0.1, 0.15) is 55.1 Å². The molecule has 0 radical (unpaired) electrons. The molecule has 2 N–H and O–H groups in total. The highest BCUT2D eigenvalue weighted by atomic mass is 16.2. The van der Waals surface area contributed by atoms with Crippen molar-refractivity contribution in [1.82, 2.24) is 14.7 Å². The van der Waals surface area contributed by atoms with E-state index >= 15 is 0 Å². The highest BCUT2D eigenvalue weighted by Crippen LogP contribution is 2.29. The molecule has 5 nitrogen and oxygen atoms in total. The molecule has 1 saturated carbocycles. The maximum atomic E-state index is 12.7. The summed E-state index contributed by atoms with van der Waals surface area (Å²) in [5.74, 6) is 0.150. The molecular formula is C15H26N4O. The Labute approximate surface area is 121 Å². The molecule has 0 aromatic carbocycles. The molecule has 1 aliphatic rings. The van der Waals surface area contributed by atoms with Gasteiger partial charge in [-0.05, 0) is 39.2 Å². The Morgan fingerprint density at radius 1 is 1.50 bits per heavy atom. The SMILES string of the molecule is CCCCN(C(=O)c1cnn(CCCN)c1C)C1CC1. The van der Waals surface area contributed by atoms with E-state index in [2.05, 4.69) is 12.0 Å². The van der Waals surface area contributed by atoms with Crippen LogP contribution in [0.5, 0.6) is 0 Å². The Morgan fingerprint density at radius 3 is 2.85 bits per heavy atom. The van der Waals surface area contributed by atoms with Crippen LogP contribution >= 0.6 is 0 Å². The first-order valence-corrected chi connectivity index (χ1v) is 7.72. The van der Waals surface area contributed by atoms with Crippen LogP contribution < -0.4 is 5.73 Å². The first kappa shape index (κ1) is 15.0. The predicted octanol–water partition coefficient (Wildman–Crippen LogP) is 1.95. The average molecular weight is 278 g/mol. The monoisotopic (exact) mass is 278 g/mol. The number of nitrogens with two attached hydrogens (primary N) is 1. The van der Waals surface area contributed by atoms with Crippen LogP contribution in [-0.4, -0.2) is 39.7 Å². The number of hydrogen-bond donors (Lipinski definition) is 1. The third kappa shape index (κ3) is 3.39. The minimum Gasteiger partial charge on any atom is -0.336 e. The number of amides is 1. The molecule has 20 heavy (non-hydrogen) atoms. The summed E-state index contributed by atoms with van der Waals surface area (Å²) in [5.41, 5.74) is 7.25. The number of aryl methyl sites for hydroxylation is 1. The van der Waals surface area contributed by atoms with Crippen molar-refractivity contribution < 1.29 is 4.79 Å². The van der Waals surface area contributed by atoms with E-state index in [0.29, 0.717) is 12.6 Å². The van der Waals surface area contributed by atoms with Crippen molar-refractivity contribution >= 4 is 5.91 Å². The van der Waals surface area contributed by atoms with E-state index in [-0.39, 0.29) is 5.91 Å². The molecule has 5 heteroatoms. The Balaban J connectivity index is 2.08. The van der Waals surface area contributed by atoms with Gasteiger partial charge in [0.15, 0.2) is 0 Å². The van der Waals surface area contributed by atoms with Crippen LogP contribution in [0.25, 0.3) is 0 Å². The zero-order valence-electron chi connectivity index (χ0n) is 12.6. The lowest BCUT2D eigenvalue weighted by molar-refractivity contribution is 0.0740. The van der Waals surface area contributed by atoms with Crippen molar-refractivity contribution in [2.45, 2.75) is 58.5 Å². The van der Waals surface area contributed by atoms with E-state index in [0.717, 1.165) is 56.5 Å². The maximum absolute atomic E-state index is 12.7. The number of nitrogens with zero attached hydrogens (tertiary/aromatic N) is 3. The fourth-order valence-corrected chi connectivity index (χ4v) is 2.44. The van der Waals surface area contributed by atoms with Gasteiger partial charge >= 0.3 is 0 Å². The second-order valence-electron chi connectivity index (χ2n) is 5.59. The molecule has 112 valence electrons. The third-order valence-corrected chi connectivity index (χ3v) is 3.91. The number of aromatic nitrogens is 2. The van der Waals surface area contributed by atoms with Gasteiger partial charge in [-0.25, -0.2) is 0 Å². The topological polar surface area (TPSA) is 64.2 Å². The minimum absolute atomic E-state index is 0.150. The molecule has 0 bridgehead atoms. The number of carbonyl (C=O) groups is 1. The van der Waals surface area contributed by atoms with Crippen LogP contribution in [0.4, 0.5) is 0 Å². The summed E-state index contributed by atoms with van der Waals surface area (Å²) in [6.45, 7) is 6.43. The summed E-state index contributed by atoms with van der Waals surface area (Å²) in [6.07, 6.45) is 7.09. The third-order valence-electron chi connectivity index (χ3n) is 3.91. The van der Waals surface area contributed by atoms with Gasteiger partial charge < -0.3 is 10.6 Å². The summed E-state index contributed by atoms with van der Waals surface area (Å²) in [7, 11) is 0. The molecule has 2 rings (SSSR count). The van der Waals surface area contributed by atoms with Gasteiger partial charge in [0.1, 0.15) is 0 Å². The normalized spacial score (nSPS) is 14.6. The van der Waals surface area contributed by atoms with Gasteiger partial charge in [-0.2, -0.15) is 5.10 Å². The molecule has 1 aromatic heterocycles. The lowest BCUT2D eigenvalue weighted by atomic mass is 10.2. The molecule has 1 aliphatic carbocycles. The highest BCUT2D eigenvalue weighted by molar-refractivity contribution is 5.95.